The number of nitrogens with zero attached hydrogens (tertiary/aromatic N) is 2. The van der Waals surface area contributed by atoms with Crippen LogP contribution in [0.15, 0.2) is 11.4 Å². The van der Waals surface area contributed by atoms with Crippen molar-refractivity contribution in [1.29, 1.82) is 0 Å². The maximum atomic E-state index is 2.52. The van der Waals surface area contributed by atoms with E-state index >= 15 is 0 Å². The molecule has 1 saturated heterocycles. The fourth-order valence-corrected chi connectivity index (χ4v) is 2.80. The average molecular weight is 210 g/mol. The van der Waals surface area contributed by atoms with Gasteiger partial charge in [0.05, 0.1) is 0 Å². The number of aryl methyl sites for hydroxylation is 1. The summed E-state index contributed by atoms with van der Waals surface area (Å²) in [5.41, 5.74) is 1.41. The Morgan fingerprint density at radius 2 is 2.21 bits per heavy atom. The van der Waals surface area contributed by atoms with Gasteiger partial charge in [-0.05, 0) is 27.0 Å². The van der Waals surface area contributed by atoms with Crippen LogP contribution in [0.4, 0.5) is 5.69 Å². The molecule has 0 amide bonds. The minimum atomic E-state index is 0.641. The quantitative estimate of drug-likeness (QED) is 0.701. The zero-order valence-corrected chi connectivity index (χ0v) is 9.97. The summed E-state index contributed by atoms with van der Waals surface area (Å²) in [6.45, 7) is 8.00. The molecule has 0 aromatic carbocycles. The Balaban J connectivity index is 2.11. The second-order valence-corrected chi connectivity index (χ2v) is 5.34. The summed E-state index contributed by atoms with van der Waals surface area (Å²) in [6.07, 6.45) is 0. The maximum Gasteiger partial charge on any atom is 0.0480 e. The van der Waals surface area contributed by atoms with Gasteiger partial charge in [0.2, 0.25) is 0 Å². The molecule has 0 bridgehead atoms. The number of hydrogen-bond acceptors (Lipinski definition) is 3. The van der Waals surface area contributed by atoms with Crippen LogP contribution in [-0.4, -0.2) is 37.6 Å². The molecule has 1 atom stereocenters. The van der Waals surface area contributed by atoms with Crippen LogP contribution in [0.1, 0.15) is 11.8 Å². The van der Waals surface area contributed by atoms with Gasteiger partial charge in [0.25, 0.3) is 0 Å². The van der Waals surface area contributed by atoms with Gasteiger partial charge in [-0.15, -0.1) is 11.3 Å². The van der Waals surface area contributed by atoms with Gasteiger partial charge >= 0.3 is 0 Å². The first-order valence-electron chi connectivity index (χ1n) is 5.17. The van der Waals surface area contributed by atoms with E-state index in [1.807, 2.05) is 11.3 Å². The van der Waals surface area contributed by atoms with Crippen molar-refractivity contribution in [2.45, 2.75) is 19.9 Å². The van der Waals surface area contributed by atoms with Crippen LogP contribution < -0.4 is 4.90 Å². The van der Waals surface area contributed by atoms with Crippen molar-refractivity contribution < 1.29 is 0 Å². The molecule has 0 saturated carbocycles. The summed E-state index contributed by atoms with van der Waals surface area (Å²) in [6, 6.07) is 2.94. The highest BCUT2D eigenvalue weighted by Crippen LogP contribution is 2.25. The molecule has 1 fully saturated rings. The molecule has 1 aromatic heterocycles. The lowest BCUT2D eigenvalue weighted by atomic mass is 10.2. The molecule has 1 aliphatic heterocycles. The van der Waals surface area contributed by atoms with E-state index in [2.05, 4.69) is 42.1 Å². The summed E-state index contributed by atoms with van der Waals surface area (Å²) in [4.78, 5) is 6.33. The number of likely N-dealkylation sites (N-methyl/N-ethyl adjacent to an activating group) is 1. The van der Waals surface area contributed by atoms with Gasteiger partial charge in [-0.1, -0.05) is 0 Å². The predicted octanol–water partition coefficient (Wildman–Crippen LogP) is 2.20. The van der Waals surface area contributed by atoms with Gasteiger partial charge in [-0.2, -0.15) is 0 Å². The average Bonchev–Trinajstić information content (AvgIpc) is 2.51. The third-order valence-corrected chi connectivity index (χ3v) is 3.73. The molecule has 78 valence electrons. The second kappa shape index (κ2) is 3.91. The van der Waals surface area contributed by atoms with E-state index in [0.29, 0.717) is 6.04 Å². The van der Waals surface area contributed by atoms with Crippen LogP contribution >= 0.6 is 11.3 Å². The summed E-state index contributed by atoms with van der Waals surface area (Å²) in [5.74, 6) is 0. The summed E-state index contributed by atoms with van der Waals surface area (Å²) in [5, 5.41) is 2.27. The molecule has 2 rings (SSSR count). The third kappa shape index (κ3) is 1.93. The van der Waals surface area contributed by atoms with Gasteiger partial charge in [-0.3, -0.25) is 0 Å². The number of piperazine rings is 1. The molecule has 2 heterocycles. The van der Waals surface area contributed by atoms with Crippen LogP contribution in [0, 0.1) is 6.92 Å². The molecule has 1 aromatic rings. The number of rotatable bonds is 1. The largest absolute Gasteiger partial charge is 0.366 e. The normalized spacial score (nSPS) is 24.2. The minimum Gasteiger partial charge on any atom is -0.366 e. The first-order valence-corrected chi connectivity index (χ1v) is 6.05. The molecule has 2 nitrogen and oxygen atoms in total. The van der Waals surface area contributed by atoms with Crippen molar-refractivity contribution in [3.63, 3.8) is 0 Å². The van der Waals surface area contributed by atoms with Gasteiger partial charge in [0.1, 0.15) is 0 Å². The van der Waals surface area contributed by atoms with Gasteiger partial charge in [0, 0.05) is 41.6 Å². The van der Waals surface area contributed by atoms with Crippen molar-refractivity contribution in [1.82, 2.24) is 4.90 Å². The monoisotopic (exact) mass is 210 g/mol. The first kappa shape index (κ1) is 9.99. The fourth-order valence-electron chi connectivity index (χ4n) is 2.10. The molecule has 1 aliphatic rings. The molecule has 3 heteroatoms. The standard InChI is InChI=1S/C11H18N2S/c1-9-7-12(3)4-5-13(9)11-6-10(2)14-8-11/h6,8-9H,4-5,7H2,1-3H3. The molecular weight excluding hydrogens is 192 g/mol. The highest BCUT2D eigenvalue weighted by atomic mass is 32.1. The highest BCUT2D eigenvalue weighted by Gasteiger charge is 2.21. The summed E-state index contributed by atoms with van der Waals surface area (Å²) >= 11 is 1.85. The highest BCUT2D eigenvalue weighted by molar-refractivity contribution is 7.10. The number of thiophene rings is 1. The molecule has 1 unspecified atom stereocenters. The predicted molar refractivity (Wildman–Crippen MR) is 63.4 cm³/mol. The Kier molecular flexibility index (Phi) is 2.79. The number of hydrogen-bond donors (Lipinski definition) is 0. The fraction of sp³-hybridized carbons (Fsp3) is 0.636. The Bertz CT molecular complexity index is 308. The van der Waals surface area contributed by atoms with Gasteiger partial charge in [0.15, 0.2) is 0 Å². The lowest BCUT2D eigenvalue weighted by molar-refractivity contribution is 0.275. The van der Waals surface area contributed by atoms with E-state index in [4.69, 9.17) is 0 Å². The smallest absolute Gasteiger partial charge is 0.0480 e. The van der Waals surface area contributed by atoms with E-state index in [0.717, 1.165) is 6.54 Å². The van der Waals surface area contributed by atoms with Crippen molar-refractivity contribution in [3.05, 3.63) is 16.3 Å². The zero-order valence-electron chi connectivity index (χ0n) is 9.16. The molecular formula is C11H18N2S. The van der Waals surface area contributed by atoms with E-state index in [1.54, 1.807) is 0 Å². The first-order chi connectivity index (χ1) is 6.66. The number of anilines is 1. The molecule has 0 aliphatic carbocycles. The summed E-state index contributed by atoms with van der Waals surface area (Å²) < 4.78 is 0. The Labute approximate surface area is 90.1 Å². The molecule has 0 spiro atoms. The van der Waals surface area contributed by atoms with Gasteiger partial charge in [-0.25, -0.2) is 0 Å². The van der Waals surface area contributed by atoms with Gasteiger partial charge < -0.3 is 9.80 Å². The Hall–Kier alpha value is -0.540. The van der Waals surface area contributed by atoms with Crippen LogP contribution in [-0.2, 0) is 0 Å². The Morgan fingerprint density at radius 3 is 2.79 bits per heavy atom. The van der Waals surface area contributed by atoms with Crippen molar-refractivity contribution in [2.24, 2.45) is 0 Å². The van der Waals surface area contributed by atoms with E-state index < -0.39 is 0 Å². The van der Waals surface area contributed by atoms with E-state index in [9.17, 15) is 0 Å². The lowest BCUT2D eigenvalue weighted by Gasteiger charge is -2.39. The molecule has 14 heavy (non-hydrogen) atoms. The van der Waals surface area contributed by atoms with E-state index in [-0.39, 0.29) is 0 Å². The van der Waals surface area contributed by atoms with Crippen molar-refractivity contribution in [2.75, 3.05) is 31.6 Å². The third-order valence-electron chi connectivity index (χ3n) is 2.88. The second-order valence-electron chi connectivity index (χ2n) is 4.22. The topological polar surface area (TPSA) is 6.48 Å². The van der Waals surface area contributed by atoms with Crippen molar-refractivity contribution >= 4 is 17.0 Å². The lowest BCUT2D eigenvalue weighted by Crippen LogP contribution is -2.50. The SMILES string of the molecule is Cc1cc(N2CCN(C)CC2C)cs1. The van der Waals surface area contributed by atoms with Crippen LogP contribution in [0.2, 0.25) is 0 Å². The minimum absolute atomic E-state index is 0.641. The van der Waals surface area contributed by atoms with Crippen LogP contribution in [0.3, 0.4) is 0 Å². The maximum absolute atomic E-state index is 2.52. The Morgan fingerprint density at radius 1 is 1.43 bits per heavy atom. The van der Waals surface area contributed by atoms with Crippen molar-refractivity contribution in [3.8, 4) is 0 Å². The zero-order chi connectivity index (χ0) is 10.1. The molecule has 0 radical (unpaired) electrons. The molecule has 0 N–H and O–H groups in total. The van der Waals surface area contributed by atoms with Crippen LogP contribution in [0.25, 0.3) is 0 Å². The van der Waals surface area contributed by atoms with E-state index in [1.165, 1.54) is 23.7 Å². The van der Waals surface area contributed by atoms with Crippen LogP contribution in [0.5, 0.6) is 0 Å². The summed E-state index contributed by atoms with van der Waals surface area (Å²) in [7, 11) is 2.20.